The van der Waals surface area contributed by atoms with E-state index in [1.54, 1.807) is 0 Å². The third-order valence-electron chi connectivity index (χ3n) is 11.3. The first-order valence-electron chi connectivity index (χ1n) is 27.1. The van der Waals surface area contributed by atoms with E-state index in [1.807, 2.05) is 108 Å². The molecule has 0 aromatic heterocycles. The third-order valence-corrected chi connectivity index (χ3v) is 11.3. The van der Waals surface area contributed by atoms with Crippen LogP contribution in [0.5, 0.6) is 0 Å². The van der Waals surface area contributed by atoms with Crippen molar-refractivity contribution in [2.75, 3.05) is 26.2 Å². The summed E-state index contributed by atoms with van der Waals surface area (Å²) in [6.07, 6.45) is 28.3. The predicted octanol–water partition coefficient (Wildman–Crippen LogP) is 17.4. The standard InChI is InChI=1S/2C7H10.6C6H9N.3C5H8N2/c2*1-6-3-4-7(2)5-6;6*1-5-3-6(2)7-4-5;2*1-4-3-6-5(2)7-4;1-4-3-5(2)7-6-4/h2*3-4H,5H2,1-2H3;4*4H,3H2,1-2H3;2*3H,4H2,1-2H3;3*3H2,1-2H3. The van der Waals surface area contributed by atoms with Gasteiger partial charge in [-0.05, 0) is 200 Å². The van der Waals surface area contributed by atoms with Crippen LogP contribution in [-0.4, -0.2) is 95.0 Å². The molecule has 0 unspecified atom stereocenters. The second kappa shape index (κ2) is 38.1. The molecule has 12 nitrogen and oxygen atoms in total. The van der Waals surface area contributed by atoms with Crippen molar-refractivity contribution < 1.29 is 0 Å². The Balaban J connectivity index is 0.000000423. The minimum absolute atomic E-state index is 0.811. The predicted molar refractivity (Wildman–Crippen MR) is 347 cm³/mol. The number of hydrogen-bond acceptors (Lipinski definition) is 12. The Morgan fingerprint density at radius 3 is 0.584 bits per heavy atom. The minimum atomic E-state index is 0.811. The van der Waals surface area contributed by atoms with Gasteiger partial charge in [0, 0.05) is 114 Å². The highest BCUT2D eigenvalue weighted by Crippen LogP contribution is 2.17. The topological polar surface area (TPSA) is 148 Å². The molecule has 0 saturated heterocycles. The monoisotopic (exact) mass is 1050 g/mol. The van der Waals surface area contributed by atoms with E-state index in [0.29, 0.717) is 0 Å². The van der Waals surface area contributed by atoms with E-state index in [2.05, 4.69) is 166 Å². The second-order valence-corrected chi connectivity index (χ2v) is 21.6. The van der Waals surface area contributed by atoms with Gasteiger partial charge in [0.05, 0.1) is 26.2 Å². The molecule has 12 heteroatoms. The number of aliphatic imine (C=N–C) groups is 10. The Bertz CT molecular complexity index is 2160. The van der Waals surface area contributed by atoms with Crippen molar-refractivity contribution in [1.29, 1.82) is 0 Å². The SMILES string of the molecule is CC1=CC(C)=NC1.CC1=CC(C)=NC1.CC1=CC=C(C)C1.CC1=CC=C(C)C1.CC1=CN=C(C)C1.CC1=CN=C(C)C1.CC1=CN=C(C)C1.CC1=CN=C(C)C1.CC1=NC(C)=NC1.CC1=NC(C)=NC1.CC1=NN=C(C)C1. The highest BCUT2D eigenvalue weighted by Gasteiger charge is 2.03. The van der Waals surface area contributed by atoms with Crippen molar-refractivity contribution in [1.82, 2.24) is 0 Å². The van der Waals surface area contributed by atoms with Crippen LogP contribution in [0.4, 0.5) is 0 Å². The van der Waals surface area contributed by atoms with Crippen molar-refractivity contribution in [2.24, 2.45) is 60.1 Å². The molecule has 9 heterocycles. The summed E-state index contributed by atoms with van der Waals surface area (Å²) in [5.41, 5.74) is 25.9. The Morgan fingerprint density at radius 1 is 0.247 bits per heavy atom. The van der Waals surface area contributed by atoms with Crippen molar-refractivity contribution in [2.45, 2.75) is 197 Å². The van der Waals surface area contributed by atoms with Crippen LogP contribution >= 0.6 is 0 Å². The molecular weight excluding hydrogens is 949 g/mol. The molecule has 0 aromatic rings. The number of nitrogens with zero attached hydrogens (tertiary/aromatic N) is 12. The van der Waals surface area contributed by atoms with E-state index in [4.69, 9.17) is 0 Å². The van der Waals surface area contributed by atoms with E-state index in [-0.39, 0.29) is 0 Å². The molecule has 0 aromatic carbocycles. The molecule has 2 aliphatic carbocycles. The van der Waals surface area contributed by atoms with Crippen LogP contribution in [0.25, 0.3) is 0 Å². The molecule has 0 radical (unpaired) electrons. The largest absolute Gasteiger partial charge is 0.286 e. The summed E-state index contributed by atoms with van der Waals surface area (Å²) in [5, 5.41) is 7.64. The number of hydrogen-bond donors (Lipinski definition) is 0. The fraction of sp³-hybridized carbons (Fsp3) is 0.508. The van der Waals surface area contributed by atoms with Gasteiger partial charge in [0.2, 0.25) is 0 Å². The molecule has 9 aliphatic heterocycles. The van der Waals surface area contributed by atoms with Crippen molar-refractivity contribution in [3.8, 4) is 0 Å². The van der Waals surface area contributed by atoms with E-state index in [1.165, 1.54) is 91.4 Å². The smallest absolute Gasteiger partial charge is 0.120 e. The fourth-order valence-corrected chi connectivity index (χ4v) is 7.70. The molecule has 0 amide bonds. The number of rotatable bonds is 0. The van der Waals surface area contributed by atoms with Crippen molar-refractivity contribution in [3.05, 3.63) is 117 Å². The van der Waals surface area contributed by atoms with E-state index < -0.39 is 0 Å². The zero-order valence-corrected chi connectivity index (χ0v) is 51.9. The summed E-state index contributed by atoms with van der Waals surface area (Å²) in [4.78, 5) is 40.7. The lowest BCUT2D eigenvalue weighted by Gasteiger charge is -1.87. The van der Waals surface area contributed by atoms with Gasteiger partial charge >= 0.3 is 0 Å². The molecule has 77 heavy (non-hydrogen) atoms. The van der Waals surface area contributed by atoms with Gasteiger partial charge in [0.1, 0.15) is 11.7 Å². The summed E-state index contributed by atoms with van der Waals surface area (Å²) in [5.74, 6) is 1.83. The first kappa shape index (κ1) is 68.5. The average Bonchev–Trinajstić information content (AvgIpc) is 4.18. The van der Waals surface area contributed by atoms with Crippen LogP contribution in [-0.2, 0) is 0 Å². The third kappa shape index (κ3) is 37.0. The Morgan fingerprint density at radius 2 is 0.519 bits per heavy atom. The van der Waals surface area contributed by atoms with Gasteiger partial charge in [-0.2, -0.15) is 10.2 Å². The van der Waals surface area contributed by atoms with Crippen LogP contribution < -0.4 is 0 Å². The van der Waals surface area contributed by atoms with E-state index in [9.17, 15) is 0 Å². The van der Waals surface area contributed by atoms with Crippen LogP contribution in [0.3, 0.4) is 0 Å². The molecule has 0 spiro atoms. The van der Waals surface area contributed by atoms with Crippen LogP contribution in [0.2, 0.25) is 0 Å². The molecule has 0 fully saturated rings. The maximum absolute atomic E-state index is 4.14. The van der Waals surface area contributed by atoms with Crippen LogP contribution in [0.1, 0.15) is 197 Å². The van der Waals surface area contributed by atoms with E-state index >= 15 is 0 Å². The number of amidine groups is 2. The molecule has 0 saturated carbocycles. The summed E-state index contributed by atoms with van der Waals surface area (Å²) >= 11 is 0. The van der Waals surface area contributed by atoms with Crippen LogP contribution in [0.15, 0.2) is 177 Å². The van der Waals surface area contributed by atoms with Gasteiger partial charge in [-0.3, -0.25) is 39.9 Å². The maximum atomic E-state index is 4.14. The summed E-state index contributed by atoms with van der Waals surface area (Å²) in [6.45, 7) is 48.7. The Hall–Kier alpha value is -6.56. The van der Waals surface area contributed by atoms with Gasteiger partial charge in [0.25, 0.3) is 0 Å². The van der Waals surface area contributed by atoms with Gasteiger partial charge in [-0.25, -0.2) is 9.98 Å². The fourth-order valence-electron chi connectivity index (χ4n) is 7.70. The summed E-state index contributed by atoms with van der Waals surface area (Å²) < 4.78 is 0. The summed E-state index contributed by atoms with van der Waals surface area (Å²) in [6, 6.07) is 0. The molecular formula is C65H98N12. The second-order valence-electron chi connectivity index (χ2n) is 21.6. The van der Waals surface area contributed by atoms with Crippen LogP contribution in [0, 0.1) is 0 Å². The Labute approximate surface area is 467 Å². The summed E-state index contributed by atoms with van der Waals surface area (Å²) in [7, 11) is 0. The van der Waals surface area contributed by atoms with E-state index in [0.717, 1.165) is 104 Å². The molecule has 0 N–H and O–H groups in total. The van der Waals surface area contributed by atoms with Gasteiger partial charge in [-0.1, -0.05) is 57.7 Å². The zero-order valence-electron chi connectivity index (χ0n) is 51.9. The normalized spacial score (nSPS) is 19.1. The highest BCUT2D eigenvalue weighted by atomic mass is 15.2. The molecule has 0 bridgehead atoms. The number of allylic oxidation sites excluding steroid dienone is 14. The maximum Gasteiger partial charge on any atom is 0.120 e. The van der Waals surface area contributed by atoms with Crippen molar-refractivity contribution in [3.63, 3.8) is 0 Å². The highest BCUT2D eigenvalue weighted by molar-refractivity contribution is 6.05. The van der Waals surface area contributed by atoms with Gasteiger partial charge in [-0.15, -0.1) is 0 Å². The Kier molecular flexibility index (Phi) is 33.8. The lowest BCUT2D eigenvalue weighted by molar-refractivity contribution is 1.15. The lowest BCUT2D eigenvalue weighted by atomic mass is 10.2. The first-order chi connectivity index (χ1) is 36.2. The quantitative estimate of drug-likeness (QED) is 0.227. The van der Waals surface area contributed by atoms with Crippen molar-refractivity contribution >= 4 is 68.8 Å². The first-order valence-corrected chi connectivity index (χ1v) is 27.1. The molecule has 0 atom stereocenters. The minimum Gasteiger partial charge on any atom is -0.286 e. The molecule has 11 aliphatic rings. The van der Waals surface area contributed by atoms with Gasteiger partial charge in [0.15, 0.2) is 0 Å². The lowest BCUT2D eigenvalue weighted by Crippen LogP contribution is -1.90. The molecule has 11 rings (SSSR count). The van der Waals surface area contributed by atoms with Gasteiger partial charge < -0.3 is 0 Å². The molecule has 418 valence electrons. The zero-order chi connectivity index (χ0) is 58.0. The average molecular weight is 1050 g/mol.